The minimum Gasteiger partial charge on any atom is -0.367 e. The van der Waals surface area contributed by atoms with E-state index in [9.17, 15) is 5.11 Å². The first-order valence-electron chi connectivity index (χ1n) is 6.87. The van der Waals surface area contributed by atoms with Gasteiger partial charge < -0.3 is 5.11 Å². The summed E-state index contributed by atoms with van der Waals surface area (Å²) >= 11 is 0. The van der Waals surface area contributed by atoms with Gasteiger partial charge in [-0.3, -0.25) is 0 Å². The molecule has 0 bridgehead atoms. The molecule has 1 N–H and O–H groups in total. The van der Waals surface area contributed by atoms with Gasteiger partial charge >= 0.3 is 0 Å². The van der Waals surface area contributed by atoms with Gasteiger partial charge in [0.05, 0.1) is 0 Å². The van der Waals surface area contributed by atoms with Gasteiger partial charge in [-0.05, 0) is 56.9 Å². The summed E-state index contributed by atoms with van der Waals surface area (Å²) in [6, 6.07) is 15.7. The van der Waals surface area contributed by atoms with E-state index < -0.39 is 5.60 Å². The largest absolute Gasteiger partial charge is 0.367 e. The number of aliphatic hydroxyl groups is 1. The van der Waals surface area contributed by atoms with Crippen LogP contribution in [-0.4, -0.2) is 10.7 Å². The van der Waals surface area contributed by atoms with Crippen LogP contribution in [0.15, 0.2) is 48.5 Å². The molecule has 1 nitrogen and oxygen atoms in total. The van der Waals surface area contributed by atoms with Crippen LogP contribution < -0.4 is 0 Å². The Labute approximate surface area is 126 Å². The van der Waals surface area contributed by atoms with Crippen LogP contribution in [0.3, 0.4) is 0 Å². The van der Waals surface area contributed by atoms with E-state index in [1.165, 1.54) is 11.1 Å². The molecule has 0 heterocycles. The van der Waals surface area contributed by atoms with Crippen LogP contribution in [0.5, 0.6) is 0 Å². The first-order valence-corrected chi connectivity index (χ1v) is 6.87. The highest BCUT2D eigenvalue weighted by Gasteiger charge is 2.11. The van der Waals surface area contributed by atoms with E-state index in [0.717, 1.165) is 11.1 Å². The molecule has 0 aliphatic rings. The van der Waals surface area contributed by atoms with Gasteiger partial charge in [0.2, 0.25) is 0 Å². The lowest BCUT2D eigenvalue weighted by molar-refractivity contribution is 0.184. The third-order valence-electron chi connectivity index (χ3n) is 3.00. The molecule has 21 heavy (non-hydrogen) atoms. The van der Waals surface area contributed by atoms with E-state index in [1.807, 2.05) is 62.4 Å². The number of hydrogen-bond donors (Lipinski definition) is 1. The molecule has 0 saturated carbocycles. The SMILES string of the molecule is Cc1ccc(C#CC(C)(O)C#Cc2ccc(C)cc2)cc1. The first-order chi connectivity index (χ1) is 9.94. The fourth-order valence-corrected chi connectivity index (χ4v) is 1.69. The van der Waals surface area contributed by atoms with Crippen molar-refractivity contribution in [1.29, 1.82) is 0 Å². The smallest absolute Gasteiger partial charge is 0.185 e. The van der Waals surface area contributed by atoms with Crippen LogP contribution in [0.25, 0.3) is 0 Å². The summed E-state index contributed by atoms with van der Waals surface area (Å²) in [5, 5.41) is 10.2. The van der Waals surface area contributed by atoms with Crippen LogP contribution >= 0.6 is 0 Å². The zero-order valence-electron chi connectivity index (χ0n) is 12.6. The molecule has 0 amide bonds. The van der Waals surface area contributed by atoms with Crippen LogP contribution in [0.2, 0.25) is 0 Å². The topological polar surface area (TPSA) is 20.2 Å². The average molecular weight is 274 g/mol. The predicted molar refractivity (Wildman–Crippen MR) is 86.7 cm³/mol. The van der Waals surface area contributed by atoms with Crippen molar-refractivity contribution >= 4 is 0 Å². The van der Waals surface area contributed by atoms with Crippen molar-refractivity contribution in [2.24, 2.45) is 0 Å². The number of hydrogen-bond acceptors (Lipinski definition) is 1. The number of aryl methyl sites for hydroxylation is 2. The maximum absolute atomic E-state index is 10.2. The Morgan fingerprint density at radius 3 is 1.38 bits per heavy atom. The van der Waals surface area contributed by atoms with Gasteiger partial charge in [-0.25, -0.2) is 0 Å². The fraction of sp³-hybridized carbons (Fsp3) is 0.200. The van der Waals surface area contributed by atoms with Crippen molar-refractivity contribution in [2.45, 2.75) is 26.4 Å². The summed E-state index contributed by atoms with van der Waals surface area (Å²) in [5.74, 6) is 11.5. The van der Waals surface area contributed by atoms with E-state index >= 15 is 0 Å². The number of benzene rings is 2. The molecule has 0 atom stereocenters. The molecular formula is C20H18O. The van der Waals surface area contributed by atoms with Crippen molar-refractivity contribution in [3.63, 3.8) is 0 Å². The molecule has 0 saturated heterocycles. The zero-order valence-corrected chi connectivity index (χ0v) is 12.6. The van der Waals surface area contributed by atoms with Crippen molar-refractivity contribution in [3.8, 4) is 23.7 Å². The molecule has 0 aliphatic carbocycles. The normalized spacial score (nSPS) is 10.1. The van der Waals surface area contributed by atoms with Crippen molar-refractivity contribution in [1.82, 2.24) is 0 Å². The van der Waals surface area contributed by atoms with E-state index in [0.29, 0.717) is 0 Å². The second-order valence-electron chi connectivity index (χ2n) is 5.30. The Kier molecular flexibility index (Phi) is 4.49. The highest BCUT2D eigenvalue weighted by Crippen LogP contribution is 2.05. The molecule has 0 aliphatic heterocycles. The molecule has 0 spiro atoms. The lowest BCUT2D eigenvalue weighted by atomic mass is 10.1. The van der Waals surface area contributed by atoms with Gasteiger partial charge in [0.15, 0.2) is 5.60 Å². The van der Waals surface area contributed by atoms with Crippen molar-refractivity contribution in [3.05, 3.63) is 70.8 Å². The second-order valence-corrected chi connectivity index (χ2v) is 5.30. The highest BCUT2D eigenvalue weighted by atomic mass is 16.3. The van der Waals surface area contributed by atoms with Crippen LogP contribution in [0.4, 0.5) is 0 Å². The predicted octanol–water partition coefficient (Wildman–Crippen LogP) is 3.46. The van der Waals surface area contributed by atoms with Gasteiger partial charge in [0.25, 0.3) is 0 Å². The quantitative estimate of drug-likeness (QED) is 0.729. The third-order valence-corrected chi connectivity index (χ3v) is 3.00. The Morgan fingerprint density at radius 1 is 0.714 bits per heavy atom. The summed E-state index contributed by atoms with van der Waals surface area (Å²) in [7, 11) is 0. The lowest BCUT2D eigenvalue weighted by Crippen LogP contribution is -2.18. The van der Waals surface area contributed by atoms with Crippen LogP contribution in [0, 0.1) is 37.5 Å². The third kappa shape index (κ3) is 4.84. The van der Waals surface area contributed by atoms with Gasteiger partial charge in [-0.15, -0.1) is 0 Å². The standard InChI is InChI=1S/C20H18O/c1-16-4-8-18(9-5-16)12-14-20(3,21)15-13-19-10-6-17(2)7-11-19/h4-11,21H,1-3H3. The summed E-state index contributed by atoms with van der Waals surface area (Å²) in [6.07, 6.45) is 0. The highest BCUT2D eigenvalue weighted by molar-refractivity contribution is 5.43. The molecular weight excluding hydrogens is 256 g/mol. The molecule has 2 aromatic carbocycles. The summed E-state index contributed by atoms with van der Waals surface area (Å²) in [6.45, 7) is 5.66. The first kappa shape index (κ1) is 14.9. The minimum atomic E-state index is -1.32. The molecule has 0 radical (unpaired) electrons. The average Bonchev–Trinajstić information content (AvgIpc) is 2.46. The maximum atomic E-state index is 10.2. The molecule has 2 rings (SSSR count). The molecule has 1 heteroatoms. The van der Waals surface area contributed by atoms with Crippen molar-refractivity contribution in [2.75, 3.05) is 0 Å². The van der Waals surface area contributed by atoms with Gasteiger partial charge in [0.1, 0.15) is 0 Å². The summed E-state index contributed by atoms with van der Waals surface area (Å²) in [4.78, 5) is 0. The summed E-state index contributed by atoms with van der Waals surface area (Å²) in [5.41, 5.74) is 2.80. The van der Waals surface area contributed by atoms with E-state index in [4.69, 9.17) is 0 Å². The maximum Gasteiger partial charge on any atom is 0.185 e. The van der Waals surface area contributed by atoms with E-state index in [1.54, 1.807) is 6.92 Å². The van der Waals surface area contributed by atoms with Crippen LogP contribution in [0.1, 0.15) is 29.2 Å². The fourth-order valence-electron chi connectivity index (χ4n) is 1.69. The number of rotatable bonds is 0. The second kappa shape index (κ2) is 6.31. The zero-order chi connectivity index (χ0) is 15.3. The van der Waals surface area contributed by atoms with Crippen molar-refractivity contribution < 1.29 is 5.11 Å². The van der Waals surface area contributed by atoms with E-state index in [-0.39, 0.29) is 0 Å². The summed E-state index contributed by atoms with van der Waals surface area (Å²) < 4.78 is 0. The van der Waals surface area contributed by atoms with Gasteiger partial charge in [-0.1, -0.05) is 47.2 Å². The Morgan fingerprint density at radius 2 is 1.05 bits per heavy atom. The molecule has 0 unspecified atom stereocenters. The lowest BCUT2D eigenvalue weighted by Gasteiger charge is -2.06. The molecule has 2 aromatic rings. The molecule has 0 fully saturated rings. The monoisotopic (exact) mass is 274 g/mol. The Balaban J connectivity index is 2.16. The van der Waals surface area contributed by atoms with E-state index in [2.05, 4.69) is 23.7 Å². The van der Waals surface area contributed by atoms with Gasteiger partial charge in [0, 0.05) is 11.1 Å². The van der Waals surface area contributed by atoms with Crippen LogP contribution in [-0.2, 0) is 0 Å². The molecule has 0 aromatic heterocycles. The minimum absolute atomic E-state index is 0.873. The molecule has 104 valence electrons. The Bertz CT molecular complexity index is 661. The Hall–Kier alpha value is -2.48. The van der Waals surface area contributed by atoms with Gasteiger partial charge in [-0.2, -0.15) is 0 Å².